The van der Waals surface area contributed by atoms with Gasteiger partial charge in [-0.15, -0.1) is 11.3 Å². The molecule has 1 aliphatic carbocycles. The molecule has 0 bridgehead atoms. The fourth-order valence-corrected chi connectivity index (χ4v) is 4.19. The molecule has 1 amide bonds. The van der Waals surface area contributed by atoms with Gasteiger partial charge in [0.2, 0.25) is 5.91 Å². The fourth-order valence-electron chi connectivity index (χ4n) is 3.03. The quantitative estimate of drug-likeness (QED) is 0.888. The molecule has 2 N–H and O–H groups in total. The van der Waals surface area contributed by atoms with Crippen molar-refractivity contribution in [3.8, 4) is 0 Å². The van der Waals surface area contributed by atoms with Gasteiger partial charge in [-0.2, -0.15) is 0 Å². The summed E-state index contributed by atoms with van der Waals surface area (Å²) in [6.45, 7) is 2.67. The van der Waals surface area contributed by atoms with E-state index in [0.717, 1.165) is 45.3 Å². The van der Waals surface area contributed by atoms with E-state index in [0.29, 0.717) is 0 Å². The predicted octanol–water partition coefficient (Wildman–Crippen LogP) is 1.68. The first kappa shape index (κ1) is 14.0. The summed E-state index contributed by atoms with van der Waals surface area (Å²) in [5.74, 6) is 0.438. The zero-order chi connectivity index (χ0) is 13.8. The van der Waals surface area contributed by atoms with E-state index in [-0.39, 0.29) is 11.8 Å². The van der Waals surface area contributed by atoms with Gasteiger partial charge in [0, 0.05) is 23.8 Å². The van der Waals surface area contributed by atoms with Crippen molar-refractivity contribution in [1.29, 1.82) is 0 Å². The second-order valence-electron chi connectivity index (χ2n) is 5.75. The maximum absolute atomic E-state index is 12.0. The van der Waals surface area contributed by atoms with Crippen LogP contribution in [0.25, 0.3) is 0 Å². The molecule has 4 nitrogen and oxygen atoms in total. The predicted molar refractivity (Wildman–Crippen MR) is 81.1 cm³/mol. The summed E-state index contributed by atoms with van der Waals surface area (Å²) < 4.78 is 0. The molecule has 110 valence electrons. The third kappa shape index (κ3) is 3.38. The van der Waals surface area contributed by atoms with E-state index in [1.54, 1.807) is 0 Å². The number of amides is 1. The zero-order valence-electron chi connectivity index (χ0n) is 11.9. The van der Waals surface area contributed by atoms with Crippen LogP contribution < -0.4 is 10.6 Å². The van der Waals surface area contributed by atoms with Crippen LogP contribution >= 0.6 is 11.3 Å². The molecule has 1 aliphatic heterocycles. The van der Waals surface area contributed by atoms with Crippen molar-refractivity contribution in [2.24, 2.45) is 5.92 Å². The lowest BCUT2D eigenvalue weighted by Crippen LogP contribution is -2.38. The van der Waals surface area contributed by atoms with Crippen molar-refractivity contribution in [3.63, 3.8) is 0 Å². The first-order valence-corrected chi connectivity index (χ1v) is 8.60. The standard InChI is InChI=1S/C15H23N3OS/c19-15(11-5-8-16-9-6-11)17-10-7-14-18-12-3-1-2-4-13(12)20-14/h11,16H,1-10H2,(H,17,19). The lowest BCUT2D eigenvalue weighted by Gasteiger charge is -2.21. The molecule has 1 aromatic heterocycles. The lowest BCUT2D eigenvalue weighted by molar-refractivity contribution is -0.125. The minimum absolute atomic E-state index is 0.209. The van der Waals surface area contributed by atoms with Gasteiger partial charge in [-0.3, -0.25) is 4.79 Å². The van der Waals surface area contributed by atoms with Crippen LogP contribution in [0.4, 0.5) is 0 Å². The van der Waals surface area contributed by atoms with Crippen LogP contribution in [0.2, 0.25) is 0 Å². The Morgan fingerprint density at radius 3 is 2.90 bits per heavy atom. The molecule has 2 heterocycles. The monoisotopic (exact) mass is 293 g/mol. The highest BCUT2D eigenvalue weighted by Crippen LogP contribution is 2.26. The van der Waals surface area contributed by atoms with Gasteiger partial charge >= 0.3 is 0 Å². The molecule has 1 saturated heterocycles. The molecular weight excluding hydrogens is 270 g/mol. The molecule has 1 fully saturated rings. The van der Waals surface area contributed by atoms with Crippen LogP contribution in [-0.4, -0.2) is 30.5 Å². The van der Waals surface area contributed by atoms with E-state index < -0.39 is 0 Å². The molecule has 20 heavy (non-hydrogen) atoms. The normalized spacial score (nSPS) is 19.6. The van der Waals surface area contributed by atoms with Gasteiger partial charge in [0.25, 0.3) is 0 Å². The second-order valence-corrected chi connectivity index (χ2v) is 6.92. The van der Waals surface area contributed by atoms with Gasteiger partial charge in [-0.05, 0) is 51.6 Å². The number of carbonyl (C=O) groups excluding carboxylic acids is 1. The molecule has 3 rings (SSSR count). The van der Waals surface area contributed by atoms with Crippen molar-refractivity contribution in [1.82, 2.24) is 15.6 Å². The molecular formula is C15H23N3OS. The van der Waals surface area contributed by atoms with Crippen LogP contribution in [0.1, 0.15) is 41.3 Å². The number of aryl methyl sites for hydroxylation is 2. The van der Waals surface area contributed by atoms with Gasteiger partial charge in [0.05, 0.1) is 10.7 Å². The van der Waals surface area contributed by atoms with E-state index in [9.17, 15) is 4.79 Å². The summed E-state index contributed by atoms with van der Waals surface area (Å²) in [5.41, 5.74) is 1.32. The number of nitrogens with one attached hydrogen (secondary N) is 2. The minimum atomic E-state index is 0.209. The lowest BCUT2D eigenvalue weighted by atomic mass is 9.97. The van der Waals surface area contributed by atoms with Crippen molar-refractivity contribution >= 4 is 17.2 Å². The minimum Gasteiger partial charge on any atom is -0.355 e. The van der Waals surface area contributed by atoms with Crippen molar-refractivity contribution < 1.29 is 4.79 Å². The Bertz CT molecular complexity index is 442. The largest absolute Gasteiger partial charge is 0.355 e. The smallest absolute Gasteiger partial charge is 0.223 e. The average Bonchev–Trinajstić information content (AvgIpc) is 2.90. The van der Waals surface area contributed by atoms with Crippen molar-refractivity contribution in [3.05, 3.63) is 15.6 Å². The summed E-state index contributed by atoms with van der Waals surface area (Å²) in [7, 11) is 0. The molecule has 0 spiro atoms. The third-order valence-electron chi connectivity index (χ3n) is 4.24. The van der Waals surface area contributed by atoms with Crippen molar-refractivity contribution in [2.45, 2.75) is 44.9 Å². The van der Waals surface area contributed by atoms with E-state index in [2.05, 4.69) is 10.6 Å². The highest BCUT2D eigenvalue weighted by molar-refractivity contribution is 7.11. The molecule has 0 aromatic carbocycles. The number of hydrogen-bond acceptors (Lipinski definition) is 4. The van der Waals surface area contributed by atoms with Crippen LogP contribution in [0, 0.1) is 5.92 Å². The van der Waals surface area contributed by atoms with Gasteiger partial charge < -0.3 is 10.6 Å². The Morgan fingerprint density at radius 1 is 1.30 bits per heavy atom. The number of carbonyl (C=O) groups is 1. The summed E-state index contributed by atoms with van der Waals surface area (Å²) >= 11 is 1.85. The second kappa shape index (κ2) is 6.68. The maximum Gasteiger partial charge on any atom is 0.223 e. The summed E-state index contributed by atoms with van der Waals surface area (Å²) in [4.78, 5) is 18.2. The van der Waals surface area contributed by atoms with E-state index in [1.807, 2.05) is 11.3 Å². The van der Waals surface area contributed by atoms with Gasteiger partial charge in [0.1, 0.15) is 0 Å². The first-order chi connectivity index (χ1) is 9.83. The Morgan fingerprint density at radius 2 is 2.10 bits per heavy atom. The highest BCUT2D eigenvalue weighted by Gasteiger charge is 2.20. The fraction of sp³-hybridized carbons (Fsp3) is 0.733. The number of nitrogens with zero attached hydrogens (tertiary/aromatic N) is 1. The molecule has 0 saturated carbocycles. The Balaban J connectivity index is 1.45. The van der Waals surface area contributed by atoms with Crippen molar-refractivity contribution in [2.75, 3.05) is 19.6 Å². The number of fused-ring (bicyclic) bond motifs is 1. The molecule has 5 heteroatoms. The first-order valence-electron chi connectivity index (χ1n) is 7.79. The van der Waals surface area contributed by atoms with Crippen LogP contribution in [0.3, 0.4) is 0 Å². The van der Waals surface area contributed by atoms with E-state index >= 15 is 0 Å². The molecule has 2 aliphatic rings. The van der Waals surface area contributed by atoms with Crippen LogP contribution in [0.15, 0.2) is 0 Å². The van der Waals surface area contributed by atoms with E-state index in [1.165, 1.54) is 34.8 Å². The highest BCUT2D eigenvalue weighted by atomic mass is 32.1. The molecule has 0 atom stereocenters. The van der Waals surface area contributed by atoms with Crippen LogP contribution in [0.5, 0.6) is 0 Å². The number of rotatable bonds is 4. The summed E-state index contributed by atoms with van der Waals surface area (Å²) in [6.07, 6.45) is 7.76. The van der Waals surface area contributed by atoms with Gasteiger partial charge in [-0.1, -0.05) is 0 Å². The molecule has 0 radical (unpaired) electrons. The maximum atomic E-state index is 12.0. The number of aromatic nitrogens is 1. The van der Waals surface area contributed by atoms with Gasteiger partial charge in [0.15, 0.2) is 0 Å². The zero-order valence-corrected chi connectivity index (χ0v) is 12.7. The van der Waals surface area contributed by atoms with Gasteiger partial charge in [-0.25, -0.2) is 4.98 Å². The third-order valence-corrected chi connectivity index (χ3v) is 5.46. The van der Waals surface area contributed by atoms with Crippen LogP contribution in [-0.2, 0) is 24.1 Å². The SMILES string of the molecule is O=C(NCCc1nc2c(s1)CCCC2)C1CCNCC1. The molecule has 0 unspecified atom stereocenters. The Labute approximate surface area is 124 Å². The topological polar surface area (TPSA) is 54.0 Å². The number of piperidine rings is 1. The summed E-state index contributed by atoms with van der Waals surface area (Å²) in [5, 5.41) is 7.57. The molecule has 1 aromatic rings. The van der Waals surface area contributed by atoms with E-state index in [4.69, 9.17) is 4.98 Å². The number of thiazole rings is 1. The Kier molecular flexibility index (Phi) is 4.68. The average molecular weight is 293 g/mol. The number of hydrogen-bond donors (Lipinski definition) is 2. The Hall–Kier alpha value is -0.940. The summed E-state index contributed by atoms with van der Waals surface area (Å²) in [6, 6.07) is 0.